The van der Waals surface area contributed by atoms with E-state index in [2.05, 4.69) is 30.6 Å². The molecule has 0 amide bonds. The summed E-state index contributed by atoms with van der Waals surface area (Å²) in [6, 6.07) is 3.67. The van der Waals surface area contributed by atoms with Gasteiger partial charge in [0.25, 0.3) is 0 Å². The van der Waals surface area contributed by atoms with Crippen LogP contribution in [0.25, 0.3) is 11.4 Å². The van der Waals surface area contributed by atoms with E-state index in [1.807, 2.05) is 0 Å². The lowest BCUT2D eigenvalue weighted by Gasteiger charge is -2.08. The molecule has 1 aromatic carbocycles. The Bertz CT molecular complexity index is 684. The van der Waals surface area contributed by atoms with E-state index in [0.717, 1.165) is 13.0 Å². The molecule has 0 aliphatic heterocycles. The monoisotopic (exact) mass is 366 g/mol. The second-order valence-corrected chi connectivity index (χ2v) is 5.02. The van der Waals surface area contributed by atoms with Crippen molar-refractivity contribution in [2.45, 2.75) is 19.0 Å². The molecule has 0 aliphatic rings. The number of carbonyl (C=O) groups is 1. The van der Waals surface area contributed by atoms with Crippen molar-refractivity contribution in [2.75, 3.05) is 0 Å². The second-order valence-electron chi connectivity index (χ2n) is 4.16. The van der Waals surface area contributed by atoms with Gasteiger partial charge in [-0.3, -0.25) is 4.79 Å². The van der Waals surface area contributed by atoms with Crippen molar-refractivity contribution in [3.63, 3.8) is 0 Å². The highest BCUT2D eigenvalue weighted by atomic mass is 79.9. The molecule has 0 bridgehead atoms. The Kier molecular flexibility index (Phi) is 4.13. The number of benzene rings is 1. The molecular formula is C12H7BrF4N2O2. The molecule has 21 heavy (non-hydrogen) atoms. The standard InChI is InChI=1S/C12H7BrF4N2O2/c1-5(9(20)12(15,16)17)11-18-10(19-21-11)7-4-6(14)2-3-8(7)13/h2-5H,1H3. The van der Waals surface area contributed by atoms with Gasteiger partial charge in [0.15, 0.2) is 0 Å². The molecular weight excluding hydrogens is 360 g/mol. The van der Waals surface area contributed by atoms with Gasteiger partial charge in [-0.05, 0) is 25.1 Å². The van der Waals surface area contributed by atoms with Crippen LogP contribution >= 0.6 is 15.9 Å². The number of rotatable bonds is 3. The second kappa shape index (κ2) is 5.55. The van der Waals surface area contributed by atoms with Crippen LogP contribution in [0.3, 0.4) is 0 Å². The van der Waals surface area contributed by atoms with Gasteiger partial charge in [-0.1, -0.05) is 21.1 Å². The van der Waals surface area contributed by atoms with Crippen LogP contribution in [-0.4, -0.2) is 22.1 Å². The fourth-order valence-electron chi connectivity index (χ4n) is 1.55. The van der Waals surface area contributed by atoms with E-state index >= 15 is 0 Å². The Hall–Kier alpha value is -1.77. The van der Waals surface area contributed by atoms with Gasteiger partial charge in [0, 0.05) is 10.0 Å². The lowest BCUT2D eigenvalue weighted by atomic mass is 10.1. The Labute approximate surface area is 124 Å². The number of carbonyl (C=O) groups excluding carboxylic acids is 1. The predicted molar refractivity (Wildman–Crippen MR) is 66.9 cm³/mol. The van der Waals surface area contributed by atoms with Crippen LogP contribution in [0.4, 0.5) is 17.6 Å². The first-order valence-electron chi connectivity index (χ1n) is 5.60. The Morgan fingerprint density at radius 2 is 2.05 bits per heavy atom. The number of hydrogen-bond donors (Lipinski definition) is 0. The first-order chi connectivity index (χ1) is 9.70. The topological polar surface area (TPSA) is 56.0 Å². The maximum absolute atomic E-state index is 13.2. The van der Waals surface area contributed by atoms with Gasteiger partial charge in [-0.25, -0.2) is 4.39 Å². The van der Waals surface area contributed by atoms with E-state index in [1.54, 1.807) is 0 Å². The fraction of sp³-hybridized carbons (Fsp3) is 0.250. The zero-order chi connectivity index (χ0) is 15.8. The molecule has 1 unspecified atom stereocenters. The van der Waals surface area contributed by atoms with Crippen molar-refractivity contribution in [1.82, 2.24) is 10.1 Å². The maximum Gasteiger partial charge on any atom is 0.450 e. The van der Waals surface area contributed by atoms with E-state index in [4.69, 9.17) is 0 Å². The van der Waals surface area contributed by atoms with Crippen LogP contribution in [0.15, 0.2) is 27.2 Å². The molecule has 1 atom stereocenters. The minimum absolute atomic E-state index is 0.113. The van der Waals surface area contributed by atoms with Gasteiger partial charge >= 0.3 is 6.18 Å². The van der Waals surface area contributed by atoms with Crippen molar-refractivity contribution in [1.29, 1.82) is 0 Å². The highest BCUT2D eigenvalue weighted by Crippen LogP contribution is 2.30. The van der Waals surface area contributed by atoms with Crippen molar-refractivity contribution in [2.24, 2.45) is 0 Å². The average Bonchev–Trinajstić information content (AvgIpc) is 2.88. The van der Waals surface area contributed by atoms with Gasteiger partial charge < -0.3 is 4.52 Å². The summed E-state index contributed by atoms with van der Waals surface area (Å²) in [7, 11) is 0. The number of hydrogen-bond acceptors (Lipinski definition) is 4. The molecule has 1 heterocycles. The molecule has 0 saturated heterocycles. The van der Waals surface area contributed by atoms with Crippen molar-refractivity contribution >= 4 is 21.7 Å². The zero-order valence-electron chi connectivity index (χ0n) is 10.4. The first-order valence-corrected chi connectivity index (χ1v) is 6.39. The lowest BCUT2D eigenvalue weighted by molar-refractivity contribution is -0.172. The summed E-state index contributed by atoms with van der Waals surface area (Å²) in [5, 5.41) is 3.47. The number of halogens is 5. The van der Waals surface area contributed by atoms with E-state index in [-0.39, 0.29) is 11.4 Å². The average molecular weight is 367 g/mol. The summed E-state index contributed by atoms with van der Waals surface area (Å²) in [6.07, 6.45) is -4.99. The first kappa shape index (κ1) is 15.6. The number of Topliss-reactive ketones (excluding diaryl/α,β-unsaturated/α-hetero) is 1. The minimum atomic E-state index is -4.99. The van der Waals surface area contributed by atoms with E-state index < -0.39 is 29.6 Å². The van der Waals surface area contributed by atoms with Crippen molar-refractivity contribution in [3.8, 4) is 11.4 Å². The summed E-state index contributed by atoms with van der Waals surface area (Å²) >= 11 is 3.14. The van der Waals surface area contributed by atoms with Crippen LogP contribution in [0.1, 0.15) is 18.7 Å². The molecule has 2 aromatic rings. The van der Waals surface area contributed by atoms with Crippen LogP contribution in [0, 0.1) is 5.82 Å². The summed E-state index contributed by atoms with van der Waals surface area (Å²) in [5.41, 5.74) is 0.205. The molecule has 9 heteroatoms. The lowest BCUT2D eigenvalue weighted by Crippen LogP contribution is -2.27. The van der Waals surface area contributed by atoms with E-state index in [1.165, 1.54) is 12.1 Å². The van der Waals surface area contributed by atoms with Gasteiger partial charge in [-0.15, -0.1) is 0 Å². The van der Waals surface area contributed by atoms with Gasteiger partial charge in [-0.2, -0.15) is 18.2 Å². The predicted octanol–water partition coefficient (Wildman–Crippen LogP) is 3.87. The van der Waals surface area contributed by atoms with Crippen molar-refractivity contribution in [3.05, 3.63) is 34.4 Å². The largest absolute Gasteiger partial charge is 0.450 e. The quantitative estimate of drug-likeness (QED) is 0.773. The Morgan fingerprint density at radius 3 is 2.67 bits per heavy atom. The van der Waals surface area contributed by atoms with E-state index in [0.29, 0.717) is 4.47 Å². The molecule has 0 saturated carbocycles. The summed E-state index contributed by atoms with van der Waals surface area (Å²) in [6.45, 7) is 1.01. The van der Waals surface area contributed by atoms with Crippen molar-refractivity contribution < 1.29 is 26.9 Å². The smallest absolute Gasteiger partial charge is 0.338 e. The molecule has 0 aliphatic carbocycles. The number of alkyl halides is 3. The van der Waals surface area contributed by atoms with Crippen LogP contribution < -0.4 is 0 Å². The molecule has 0 fully saturated rings. The minimum Gasteiger partial charge on any atom is -0.338 e. The molecule has 4 nitrogen and oxygen atoms in total. The van der Waals surface area contributed by atoms with Gasteiger partial charge in [0.1, 0.15) is 11.7 Å². The molecule has 2 rings (SSSR count). The number of nitrogens with zero attached hydrogens (tertiary/aromatic N) is 2. The maximum atomic E-state index is 13.2. The summed E-state index contributed by atoms with van der Waals surface area (Å²) in [5.74, 6) is -4.78. The highest BCUT2D eigenvalue weighted by molar-refractivity contribution is 9.10. The SMILES string of the molecule is CC(C(=O)C(F)(F)F)c1nc(-c2cc(F)ccc2Br)no1. The Morgan fingerprint density at radius 1 is 1.38 bits per heavy atom. The molecule has 0 radical (unpaired) electrons. The van der Waals surface area contributed by atoms with Crippen LogP contribution in [0.2, 0.25) is 0 Å². The fourth-order valence-corrected chi connectivity index (χ4v) is 1.97. The summed E-state index contributed by atoms with van der Waals surface area (Å²) in [4.78, 5) is 14.8. The van der Waals surface area contributed by atoms with Gasteiger partial charge in [0.2, 0.25) is 17.5 Å². The number of ketones is 1. The molecule has 0 N–H and O–H groups in total. The Balaban J connectivity index is 2.34. The third kappa shape index (κ3) is 3.29. The highest BCUT2D eigenvalue weighted by Gasteiger charge is 2.44. The normalized spacial score (nSPS) is 13.2. The van der Waals surface area contributed by atoms with Crippen LogP contribution in [-0.2, 0) is 4.79 Å². The van der Waals surface area contributed by atoms with Crippen LogP contribution in [0.5, 0.6) is 0 Å². The number of aromatic nitrogens is 2. The third-order valence-corrected chi connectivity index (χ3v) is 3.35. The zero-order valence-corrected chi connectivity index (χ0v) is 12.0. The summed E-state index contributed by atoms with van der Waals surface area (Å²) < 4.78 is 55.3. The molecule has 1 aromatic heterocycles. The molecule has 0 spiro atoms. The third-order valence-electron chi connectivity index (χ3n) is 2.65. The molecule has 112 valence electrons. The van der Waals surface area contributed by atoms with E-state index in [9.17, 15) is 22.4 Å². The van der Waals surface area contributed by atoms with Gasteiger partial charge in [0.05, 0.1) is 0 Å².